The van der Waals surface area contributed by atoms with Crippen molar-refractivity contribution in [2.24, 2.45) is 0 Å². The highest BCUT2D eigenvalue weighted by Gasteiger charge is 2.45. The lowest BCUT2D eigenvalue weighted by Gasteiger charge is -2.39. The first-order chi connectivity index (χ1) is 20.3. The van der Waals surface area contributed by atoms with E-state index in [4.69, 9.17) is 18.9 Å². The van der Waals surface area contributed by atoms with Crippen molar-refractivity contribution in [1.29, 1.82) is 0 Å². The Morgan fingerprint density at radius 1 is 0.714 bits per heavy atom. The van der Waals surface area contributed by atoms with Crippen LogP contribution >= 0.6 is 0 Å². The van der Waals surface area contributed by atoms with Crippen LogP contribution in [0.25, 0.3) is 28.0 Å². The van der Waals surface area contributed by atoms with E-state index in [0.717, 1.165) is 61.2 Å². The Kier molecular flexibility index (Phi) is 5.84. The van der Waals surface area contributed by atoms with E-state index in [-0.39, 0.29) is 5.82 Å². The third-order valence-corrected chi connectivity index (χ3v) is 8.83. The second-order valence-corrected chi connectivity index (χ2v) is 11.3. The SMILES string of the molecule is COc1ccc(C2(c3cc(OC)ccc3OC)C=Cc3c4c(c5ccccc5c3O2)-c2ccc(F)cc2C4(C)C)cc1. The average Bonchev–Trinajstić information content (AvgIpc) is 3.26. The summed E-state index contributed by atoms with van der Waals surface area (Å²) in [6.45, 7) is 4.33. The van der Waals surface area contributed by atoms with Crippen LogP contribution in [-0.2, 0) is 11.0 Å². The quantitative estimate of drug-likeness (QED) is 0.216. The zero-order valence-corrected chi connectivity index (χ0v) is 24.2. The highest BCUT2D eigenvalue weighted by molar-refractivity contribution is 6.08. The van der Waals surface area contributed by atoms with E-state index >= 15 is 0 Å². The summed E-state index contributed by atoms with van der Waals surface area (Å²) in [4.78, 5) is 0. The van der Waals surface area contributed by atoms with Crippen LogP contribution in [0.15, 0.2) is 91.0 Å². The van der Waals surface area contributed by atoms with Crippen molar-refractivity contribution in [3.05, 3.63) is 125 Å². The molecule has 0 saturated heterocycles. The molecule has 1 unspecified atom stereocenters. The van der Waals surface area contributed by atoms with Crippen LogP contribution in [0.3, 0.4) is 0 Å². The van der Waals surface area contributed by atoms with Gasteiger partial charge in [-0.25, -0.2) is 4.39 Å². The molecule has 1 heterocycles. The van der Waals surface area contributed by atoms with Crippen LogP contribution in [0, 0.1) is 5.82 Å². The molecule has 0 radical (unpaired) electrons. The van der Waals surface area contributed by atoms with Crippen LogP contribution < -0.4 is 18.9 Å². The molecule has 0 bridgehead atoms. The zero-order valence-electron chi connectivity index (χ0n) is 24.2. The molecule has 5 heteroatoms. The van der Waals surface area contributed by atoms with E-state index in [2.05, 4.69) is 38.1 Å². The first-order valence-electron chi connectivity index (χ1n) is 14.0. The number of rotatable bonds is 5. The largest absolute Gasteiger partial charge is 0.497 e. The molecule has 1 atom stereocenters. The number of hydrogen-bond donors (Lipinski definition) is 0. The molecule has 1 aliphatic carbocycles. The summed E-state index contributed by atoms with van der Waals surface area (Å²) in [5.41, 5.74) is 5.53. The number of fused-ring (bicyclic) bond motifs is 8. The van der Waals surface area contributed by atoms with Gasteiger partial charge in [-0.15, -0.1) is 0 Å². The minimum atomic E-state index is -1.04. The van der Waals surface area contributed by atoms with Crippen LogP contribution in [0.4, 0.5) is 4.39 Å². The van der Waals surface area contributed by atoms with Gasteiger partial charge in [-0.3, -0.25) is 0 Å². The average molecular weight is 559 g/mol. The zero-order chi connectivity index (χ0) is 29.2. The summed E-state index contributed by atoms with van der Waals surface area (Å²) < 4.78 is 38.9. The van der Waals surface area contributed by atoms with Gasteiger partial charge in [0.15, 0.2) is 5.60 Å². The van der Waals surface area contributed by atoms with Gasteiger partial charge in [0.2, 0.25) is 0 Å². The second-order valence-electron chi connectivity index (χ2n) is 11.3. The molecule has 0 aromatic heterocycles. The topological polar surface area (TPSA) is 36.9 Å². The van der Waals surface area contributed by atoms with E-state index < -0.39 is 11.0 Å². The molecule has 0 spiro atoms. The maximum atomic E-state index is 14.6. The van der Waals surface area contributed by atoms with E-state index in [0.29, 0.717) is 11.5 Å². The molecule has 0 N–H and O–H groups in total. The molecule has 5 aromatic carbocycles. The Labute approximate surface area is 244 Å². The summed E-state index contributed by atoms with van der Waals surface area (Å²) in [6, 6.07) is 27.1. The summed E-state index contributed by atoms with van der Waals surface area (Å²) in [5, 5.41) is 2.06. The molecular formula is C37H31FO4. The molecule has 210 valence electrons. The number of ether oxygens (including phenoxy) is 4. The molecule has 7 rings (SSSR count). The van der Waals surface area contributed by atoms with Crippen LogP contribution in [0.1, 0.15) is 41.7 Å². The van der Waals surface area contributed by atoms with Crippen molar-refractivity contribution >= 4 is 16.8 Å². The Hall–Kier alpha value is -4.77. The number of halogens is 1. The van der Waals surface area contributed by atoms with Crippen molar-refractivity contribution < 1.29 is 23.3 Å². The molecule has 42 heavy (non-hydrogen) atoms. The number of methoxy groups -OCH3 is 3. The lowest BCUT2D eigenvalue weighted by Crippen LogP contribution is -2.35. The maximum absolute atomic E-state index is 14.6. The van der Waals surface area contributed by atoms with Crippen molar-refractivity contribution in [3.8, 4) is 34.1 Å². The molecule has 0 saturated carbocycles. The Bertz CT molecular complexity index is 1900. The normalized spacial score (nSPS) is 17.7. The van der Waals surface area contributed by atoms with E-state index in [9.17, 15) is 4.39 Å². The van der Waals surface area contributed by atoms with Crippen LogP contribution in [-0.4, -0.2) is 21.3 Å². The van der Waals surface area contributed by atoms with Crippen LogP contribution in [0.5, 0.6) is 23.0 Å². The summed E-state index contributed by atoms with van der Waals surface area (Å²) in [7, 11) is 4.97. The predicted octanol–water partition coefficient (Wildman–Crippen LogP) is 8.66. The van der Waals surface area contributed by atoms with Gasteiger partial charge in [0.1, 0.15) is 28.8 Å². The highest BCUT2D eigenvalue weighted by Crippen LogP contribution is 2.58. The standard InChI is InChI=1S/C37H31FO4/c1-36(2)30-20-23(38)12-16-28(30)33-26-8-6-7-9-27(26)35-29(34(33)36)18-19-37(42-35,22-10-13-24(39-3)14-11-22)31-21-25(40-4)15-17-32(31)41-5/h6-21H,1-5H3. The van der Waals surface area contributed by atoms with Gasteiger partial charge in [-0.2, -0.15) is 0 Å². The van der Waals surface area contributed by atoms with E-state index in [1.165, 1.54) is 0 Å². The summed E-state index contributed by atoms with van der Waals surface area (Å²) in [6.07, 6.45) is 4.26. The molecule has 0 fully saturated rings. The third-order valence-electron chi connectivity index (χ3n) is 8.83. The fraction of sp³-hybridized carbons (Fsp3) is 0.189. The minimum absolute atomic E-state index is 0.233. The van der Waals surface area contributed by atoms with Gasteiger partial charge in [-0.05, 0) is 76.2 Å². The van der Waals surface area contributed by atoms with Crippen molar-refractivity contribution in [2.45, 2.75) is 24.9 Å². The third kappa shape index (κ3) is 3.59. The Morgan fingerprint density at radius 3 is 2.14 bits per heavy atom. The van der Waals surface area contributed by atoms with Gasteiger partial charge >= 0.3 is 0 Å². The van der Waals surface area contributed by atoms with Gasteiger partial charge in [0.25, 0.3) is 0 Å². The first-order valence-corrected chi connectivity index (χ1v) is 14.0. The fourth-order valence-corrected chi connectivity index (χ4v) is 6.81. The van der Waals surface area contributed by atoms with Gasteiger partial charge in [-0.1, -0.05) is 62.4 Å². The molecule has 5 aromatic rings. The lowest BCUT2D eigenvalue weighted by molar-refractivity contribution is 0.158. The van der Waals surface area contributed by atoms with E-state index in [1.807, 2.05) is 60.7 Å². The van der Waals surface area contributed by atoms with Crippen molar-refractivity contribution in [1.82, 2.24) is 0 Å². The Morgan fingerprint density at radius 2 is 1.43 bits per heavy atom. The Balaban J connectivity index is 1.56. The first kappa shape index (κ1) is 26.1. The lowest BCUT2D eigenvalue weighted by atomic mass is 9.76. The molecule has 1 aliphatic heterocycles. The molecule has 2 aliphatic rings. The minimum Gasteiger partial charge on any atom is -0.497 e. The number of benzene rings is 5. The molecule has 4 nitrogen and oxygen atoms in total. The monoisotopic (exact) mass is 558 g/mol. The second kappa shape index (κ2) is 9.38. The highest BCUT2D eigenvalue weighted by atomic mass is 19.1. The van der Waals surface area contributed by atoms with E-state index in [1.54, 1.807) is 33.5 Å². The van der Waals surface area contributed by atoms with Crippen molar-refractivity contribution in [3.63, 3.8) is 0 Å². The number of hydrogen-bond acceptors (Lipinski definition) is 4. The van der Waals surface area contributed by atoms with Crippen LogP contribution in [0.2, 0.25) is 0 Å². The van der Waals surface area contributed by atoms with Gasteiger partial charge in [0, 0.05) is 27.5 Å². The smallest absolute Gasteiger partial charge is 0.181 e. The summed E-state index contributed by atoms with van der Waals surface area (Å²) in [5.74, 6) is 2.66. The summed E-state index contributed by atoms with van der Waals surface area (Å²) >= 11 is 0. The van der Waals surface area contributed by atoms with Crippen molar-refractivity contribution in [2.75, 3.05) is 21.3 Å². The molecular weight excluding hydrogens is 527 g/mol. The van der Waals surface area contributed by atoms with Gasteiger partial charge in [0.05, 0.1) is 21.3 Å². The predicted molar refractivity (Wildman–Crippen MR) is 164 cm³/mol. The fourth-order valence-electron chi connectivity index (χ4n) is 6.81. The maximum Gasteiger partial charge on any atom is 0.181 e. The molecule has 0 amide bonds. The van der Waals surface area contributed by atoms with Gasteiger partial charge < -0.3 is 18.9 Å².